The topological polar surface area (TPSA) is 26.0 Å². The predicted molar refractivity (Wildman–Crippen MR) is 31.3 cm³/mol. The Morgan fingerprint density at radius 1 is 1.44 bits per heavy atom. The van der Waals surface area contributed by atoms with Gasteiger partial charge in [-0.2, -0.15) is 0 Å². The van der Waals surface area contributed by atoms with Crippen LogP contribution in [0.1, 0.15) is 20.3 Å². The van der Waals surface area contributed by atoms with Gasteiger partial charge in [-0.05, 0) is 0 Å². The molecule has 1 aliphatic carbocycles. The van der Waals surface area contributed by atoms with Gasteiger partial charge in [0.2, 0.25) is 0 Å². The van der Waals surface area contributed by atoms with Crippen molar-refractivity contribution in [3.63, 3.8) is 0 Å². The van der Waals surface area contributed by atoms with E-state index in [0.717, 1.165) is 0 Å². The highest BCUT2D eigenvalue weighted by molar-refractivity contribution is 5.05. The van der Waals surface area contributed by atoms with Gasteiger partial charge in [0.1, 0.15) is 0 Å². The molecule has 0 bridgehead atoms. The monoisotopic (exact) mass is 135 g/mol. The molecule has 0 aromatic rings. The maximum Gasteiger partial charge on any atom is 0.256 e. The van der Waals surface area contributed by atoms with Crippen LogP contribution in [0, 0.1) is 5.41 Å². The molecule has 0 amide bonds. The van der Waals surface area contributed by atoms with Crippen LogP contribution in [-0.2, 0) is 0 Å². The van der Waals surface area contributed by atoms with Gasteiger partial charge < -0.3 is 5.73 Å². The van der Waals surface area contributed by atoms with Gasteiger partial charge in [-0.15, -0.1) is 0 Å². The lowest BCUT2D eigenvalue weighted by Gasteiger charge is -2.49. The molecule has 0 heterocycles. The van der Waals surface area contributed by atoms with Crippen molar-refractivity contribution in [3.05, 3.63) is 0 Å². The standard InChI is InChI=1S/C6H11F2N/c1-5(2)4(9)3-6(5,7)8/h4H,3,9H2,1-2H3. The molecule has 1 saturated carbocycles. The van der Waals surface area contributed by atoms with Crippen molar-refractivity contribution in [3.8, 4) is 0 Å². The van der Waals surface area contributed by atoms with E-state index in [1.807, 2.05) is 0 Å². The van der Waals surface area contributed by atoms with Crippen LogP contribution in [0.2, 0.25) is 0 Å². The second-order valence-electron chi connectivity index (χ2n) is 3.24. The minimum absolute atomic E-state index is 0.153. The van der Waals surface area contributed by atoms with Crippen LogP contribution in [0.5, 0.6) is 0 Å². The highest BCUT2D eigenvalue weighted by atomic mass is 19.3. The van der Waals surface area contributed by atoms with E-state index in [4.69, 9.17) is 5.73 Å². The Balaban J connectivity index is 2.70. The fraction of sp³-hybridized carbons (Fsp3) is 1.00. The summed E-state index contributed by atoms with van der Waals surface area (Å²) in [5.41, 5.74) is 4.37. The highest BCUT2D eigenvalue weighted by Crippen LogP contribution is 2.52. The minimum Gasteiger partial charge on any atom is -0.327 e. The Bertz CT molecular complexity index is 131. The fourth-order valence-electron chi connectivity index (χ4n) is 0.935. The first-order valence-electron chi connectivity index (χ1n) is 3.01. The first kappa shape index (κ1) is 6.93. The van der Waals surface area contributed by atoms with E-state index < -0.39 is 11.3 Å². The maximum atomic E-state index is 12.5. The van der Waals surface area contributed by atoms with Crippen molar-refractivity contribution < 1.29 is 8.78 Å². The zero-order valence-corrected chi connectivity index (χ0v) is 5.62. The van der Waals surface area contributed by atoms with Crippen molar-refractivity contribution >= 4 is 0 Å². The Morgan fingerprint density at radius 2 is 1.89 bits per heavy atom. The zero-order chi connectivity index (χ0) is 7.28. The zero-order valence-electron chi connectivity index (χ0n) is 5.62. The van der Waals surface area contributed by atoms with Gasteiger partial charge >= 0.3 is 0 Å². The van der Waals surface area contributed by atoms with Crippen LogP contribution in [0.3, 0.4) is 0 Å². The molecule has 0 radical (unpaired) electrons. The molecule has 0 aromatic heterocycles. The summed E-state index contributed by atoms with van der Waals surface area (Å²) in [6.07, 6.45) is -0.153. The lowest BCUT2D eigenvalue weighted by Crippen LogP contribution is -2.62. The second-order valence-corrected chi connectivity index (χ2v) is 3.24. The quantitative estimate of drug-likeness (QED) is 0.533. The summed E-state index contributed by atoms with van der Waals surface area (Å²) in [5.74, 6) is -2.54. The summed E-state index contributed by atoms with van der Waals surface area (Å²) in [5, 5.41) is 0. The number of nitrogens with two attached hydrogens (primary N) is 1. The molecule has 1 unspecified atom stereocenters. The molecule has 9 heavy (non-hydrogen) atoms. The number of hydrogen-bond donors (Lipinski definition) is 1. The molecule has 1 rings (SSSR count). The molecule has 1 aliphatic rings. The molecule has 1 nitrogen and oxygen atoms in total. The van der Waals surface area contributed by atoms with Gasteiger partial charge in [0.05, 0.1) is 0 Å². The Morgan fingerprint density at radius 3 is 1.89 bits per heavy atom. The Labute approximate surface area is 53.2 Å². The lowest BCUT2D eigenvalue weighted by molar-refractivity contribution is -0.196. The van der Waals surface area contributed by atoms with E-state index in [1.54, 1.807) is 0 Å². The number of rotatable bonds is 0. The summed E-state index contributed by atoms with van der Waals surface area (Å²) < 4.78 is 25.0. The van der Waals surface area contributed by atoms with Crippen LogP contribution < -0.4 is 5.73 Å². The Kier molecular flexibility index (Phi) is 1.12. The first-order valence-corrected chi connectivity index (χ1v) is 3.01. The van der Waals surface area contributed by atoms with E-state index in [-0.39, 0.29) is 12.5 Å². The number of halogens is 2. The molecule has 0 saturated heterocycles. The van der Waals surface area contributed by atoms with Crippen molar-refractivity contribution in [2.24, 2.45) is 11.1 Å². The summed E-state index contributed by atoms with van der Waals surface area (Å²) in [6.45, 7) is 3.00. The summed E-state index contributed by atoms with van der Waals surface area (Å²) in [4.78, 5) is 0. The third-order valence-electron chi connectivity index (χ3n) is 2.35. The molecule has 2 N–H and O–H groups in total. The fourth-order valence-corrected chi connectivity index (χ4v) is 0.935. The second kappa shape index (κ2) is 1.45. The van der Waals surface area contributed by atoms with Crippen molar-refractivity contribution in [1.29, 1.82) is 0 Å². The smallest absolute Gasteiger partial charge is 0.256 e. The predicted octanol–water partition coefficient (Wildman–Crippen LogP) is 1.38. The molecule has 1 fully saturated rings. The van der Waals surface area contributed by atoms with Crippen molar-refractivity contribution in [2.75, 3.05) is 0 Å². The molecule has 54 valence electrons. The van der Waals surface area contributed by atoms with E-state index in [1.165, 1.54) is 13.8 Å². The van der Waals surface area contributed by atoms with Gasteiger partial charge in [-0.25, -0.2) is 8.78 Å². The van der Waals surface area contributed by atoms with Crippen molar-refractivity contribution in [2.45, 2.75) is 32.2 Å². The van der Waals surface area contributed by atoms with Gasteiger partial charge in [-0.1, -0.05) is 13.8 Å². The van der Waals surface area contributed by atoms with Gasteiger partial charge in [-0.3, -0.25) is 0 Å². The molecule has 3 heteroatoms. The average Bonchev–Trinajstić information content (AvgIpc) is 1.65. The highest BCUT2D eigenvalue weighted by Gasteiger charge is 2.60. The summed E-state index contributed by atoms with van der Waals surface area (Å²) in [7, 11) is 0. The van der Waals surface area contributed by atoms with E-state index in [2.05, 4.69) is 0 Å². The molecule has 0 spiro atoms. The van der Waals surface area contributed by atoms with Gasteiger partial charge in [0.25, 0.3) is 5.92 Å². The molecule has 1 atom stereocenters. The summed E-state index contributed by atoms with van der Waals surface area (Å²) >= 11 is 0. The maximum absolute atomic E-state index is 12.5. The molecular formula is C6H11F2N. The van der Waals surface area contributed by atoms with E-state index in [9.17, 15) is 8.78 Å². The third-order valence-corrected chi connectivity index (χ3v) is 2.35. The van der Waals surface area contributed by atoms with Crippen LogP contribution in [0.4, 0.5) is 8.78 Å². The first-order chi connectivity index (χ1) is 3.88. The van der Waals surface area contributed by atoms with Gasteiger partial charge in [0, 0.05) is 17.9 Å². The van der Waals surface area contributed by atoms with Gasteiger partial charge in [0.15, 0.2) is 0 Å². The van der Waals surface area contributed by atoms with Crippen LogP contribution in [-0.4, -0.2) is 12.0 Å². The van der Waals surface area contributed by atoms with Crippen LogP contribution in [0.15, 0.2) is 0 Å². The molecule has 0 aliphatic heterocycles. The SMILES string of the molecule is CC1(C)C(N)CC1(F)F. The minimum atomic E-state index is -2.54. The largest absolute Gasteiger partial charge is 0.327 e. The van der Waals surface area contributed by atoms with Crippen molar-refractivity contribution in [1.82, 2.24) is 0 Å². The molecule has 0 aromatic carbocycles. The van der Waals surface area contributed by atoms with Crippen LogP contribution in [0.25, 0.3) is 0 Å². The Hall–Kier alpha value is -0.180. The van der Waals surface area contributed by atoms with E-state index >= 15 is 0 Å². The number of hydrogen-bond acceptors (Lipinski definition) is 1. The normalized spacial score (nSPS) is 37.7. The number of alkyl halides is 2. The van der Waals surface area contributed by atoms with E-state index in [0.29, 0.717) is 0 Å². The molecular weight excluding hydrogens is 124 g/mol. The average molecular weight is 135 g/mol. The summed E-state index contributed by atoms with van der Waals surface area (Å²) in [6, 6.07) is -0.326. The lowest BCUT2D eigenvalue weighted by atomic mass is 9.64. The van der Waals surface area contributed by atoms with Crippen LogP contribution >= 0.6 is 0 Å². The third kappa shape index (κ3) is 0.674.